The Morgan fingerprint density at radius 1 is 0.450 bits per heavy atom. The first-order chi connectivity index (χ1) is 29.5. The molecular formula is C54H105NO5. The Labute approximate surface area is 374 Å². The van der Waals surface area contributed by atoms with E-state index in [0.29, 0.717) is 19.4 Å². The number of rotatable bonds is 50. The number of unbranched alkanes of at least 4 members (excludes halogenated alkanes) is 39. The van der Waals surface area contributed by atoms with Crippen molar-refractivity contribution in [2.75, 3.05) is 13.2 Å². The van der Waals surface area contributed by atoms with Crippen molar-refractivity contribution < 1.29 is 24.5 Å². The Balaban J connectivity index is 3.42. The van der Waals surface area contributed by atoms with E-state index in [-0.39, 0.29) is 18.5 Å². The zero-order valence-corrected chi connectivity index (χ0v) is 40.5. The highest BCUT2D eigenvalue weighted by Gasteiger charge is 2.18. The van der Waals surface area contributed by atoms with Gasteiger partial charge in [0, 0.05) is 12.8 Å². The van der Waals surface area contributed by atoms with Crippen LogP contribution in [0.4, 0.5) is 0 Å². The van der Waals surface area contributed by atoms with Gasteiger partial charge in [0.25, 0.3) is 0 Å². The Kier molecular flexibility index (Phi) is 49.1. The minimum atomic E-state index is -0.844. The number of hydrogen-bond donors (Lipinski definition) is 3. The first kappa shape index (κ1) is 58.6. The van der Waals surface area contributed by atoms with Crippen LogP contribution in [0.15, 0.2) is 12.2 Å². The highest BCUT2D eigenvalue weighted by atomic mass is 16.5. The standard InChI is InChI=1S/C54H105NO5/c1-3-5-7-9-11-13-15-23-27-30-34-38-42-46-52(57)51(50-56)55-53(58)47-43-39-35-31-28-24-21-19-17-16-18-20-22-25-29-33-37-41-45-49-60-54(59)48-44-40-36-32-26-14-12-10-8-6-4-2/h42,46,51-52,56-57H,3-41,43-45,47-50H2,1-2H3,(H,55,58)/b46-42+. The van der Waals surface area contributed by atoms with Gasteiger partial charge in [0.2, 0.25) is 5.91 Å². The lowest BCUT2D eigenvalue weighted by Gasteiger charge is -2.20. The number of hydrogen-bond acceptors (Lipinski definition) is 5. The van der Waals surface area contributed by atoms with Crippen LogP contribution in [0, 0.1) is 0 Å². The molecule has 0 saturated carbocycles. The first-order valence-corrected chi connectivity index (χ1v) is 27.0. The van der Waals surface area contributed by atoms with Crippen LogP contribution in [0.2, 0.25) is 0 Å². The second kappa shape index (κ2) is 50.2. The summed E-state index contributed by atoms with van der Waals surface area (Å²) in [6.45, 7) is 4.90. The molecule has 6 heteroatoms. The molecule has 0 aromatic rings. The molecule has 0 radical (unpaired) electrons. The molecule has 0 heterocycles. The van der Waals surface area contributed by atoms with E-state index in [1.54, 1.807) is 6.08 Å². The molecule has 60 heavy (non-hydrogen) atoms. The van der Waals surface area contributed by atoms with Gasteiger partial charge in [-0.05, 0) is 32.1 Å². The fourth-order valence-electron chi connectivity index (χ4n) is 8.40. The summed E-state index contributed by atoms with van der Waals surface area (Å²) < 4.78 is 5.46. The van der Waals surface area contributed by atoms with E-state index in [1.165, 1.54) is 231 Å². The van der Waals surface area contributed by atoms with Gasteiger partial charge in [0.05, 0.1) is 25.4 Å². The third-order valence-corrected chi connectivity index (χ3v) is 12.6. The molecule has 1 amide bonds. The maximum absolute atomic E-state index is 12.4. The predicted molar refractivity (Wildman–Crippen MR) is 260 cm³/mol. The molecule has 0 bridgehead atoms. The molecule has 0 aliphatic carbocycles. The van der Waals surface area contributed by atoms with E-state index >= 15 is 0 Å². The van der Waals surface area contributed by atoms with Gasteiger partial charge in [-0.25, -0.2) is 0 Å². The van der Waals surface area contributed by atoms with Crippen molar-refractivity contribution in [3.05, 3.63) is 12.2 Å². The number of carbonyl (C=O) groups is 2. The third-order valence-electron chi connectivity index (χ3n) is 12.6. The van der Waals surface area contributed by atoms with Gasteiger partial charge in [-0.15, -0.1) is 0 Å². The summed E-state index contributed by atoms with van der Waals surface area (Å²) in [5, 5.41) is 23.0. The maximum Gasteiger partial charge on any atom is 0.305 e. The summed E-state index contributed by atoms with van der Waals surface area (Å²) in [6.07, 6.45) is 57.9. The van der Waals surface area contributed by atoms with Gasteiger partial charge in [-0.3, -0.25) is 9.59 Å². The van der Waals surface area contributed by atoms with Gasteiger partial charge in [0.1, 0.15) is 0 Å². The second-order valence-corrected chi connectivity index (χ2v) is 18.6. The smallest absolute Gasteiger partial charge is 0.305 e. The Morgan fingerprint density at radius 3 is 1.13 bits per heavy atom. The minimum absolute atomic E-state index is 0.00806. The van der Waals surface area contributed by atoms with E-state index in [2.05, 4.69) is 19.2 Å². The summed E-state index contributed by atoms with van der Waals surface area (Å²) in [4.78, 5) is 24.4. The molecule has 0 fully saturated rings. The molecule has 3 N–H and O–H groups in total. The molecule has 0 aromatic heterocycles. The molecule has 0 aliphatic rings. The SMILES string of the molecule is CCCCCCCCCCCCC/C=C/C(O)C(CO)NC(=O)CCCCCCCCCCCCCCCCCCCCCOC(=O)CCCCCCCCCCCCC. The summed E-state index contributed by atoms with van der Waals surface area (Å²) in [5.74, 6) is -0.0622. The topological polar surface area (TPSA) is 95.9 Å². The largest absolute Gasteiger partial charge is 0.466 e. The van der Waals surface area contributed by atoms with Gasteiger partial charge < -0.3 is 20.3 Å². The van der Waals surface area contributed by atoms with Crippen molar-refractivity contribution in [3.8, 4) is 0 Å². The van der Waals surface area contributed by atoms with Gasteiger partial charge >= 0.3 is 5.97 Å². The van der Waals surface area contributed by atoms with Crippen LogP contribution in [0.25, 0.3) is 0 Å². The Bertz CT molecular complexity index is 893. The van der Waals surface area contributed by atoms with Crippen LogP contribution in [-0.2, 0) is 14.3 Å². The maximum atomic E-state index is 12.4. The van der Waals surface area contributed by atoms with Crippen molar-refractivity contribution in [1.29, 1.82) is 0 Å². The highest BCUT2D eigenvalue weighted by Crippen LogP contribution is 2.17. The van der Waals surface area contributed by atoms with Crippen molar-refractivity contribution in [3.63, 3.8) is 0 Å². The van der Waals surface area contributed by atoms with E-state index in [4.69, 9.17) is 4.74 Å². The molecule has 356 valence electrons. The Hall–Kier alpha value is -1.40. The molecule has 2 unspecified atom stereocenters. The summed E-state index contributed by atoms with van der Waals surface area (Å²) >= 11 is 0. The molecule has 0 rings (SSSR count). The average molecular weight is 848 g/mol. The van der Waals surface area contributed by atoms with Crippen LogP contribution in [0.1, 0.15) is 296 Å². The number of amides is 1. The fourth-order valence-corrected chi connectivity index (χ4v) is 8.40. The van der Waals surface area contributed by atoms with Crippen LogP contribution in [-0.4, -0.2) is 47.4 Å². The minimum Gasteiger partial charge on any atom is -0.466 e. The Morgan fingerprint density at radius 2 is 0.767 bits per heavy atom. The van der Waals surface area contributed by atoms with Gasteiger partial charge in [-0.2, -0.15) is 0 Å². The van der Waals surface area contributed by atoms with Crippen molar-refractivity contribution in [2.45, 2.75) is 309 Å². The lowest BCUT2D eigenvalue weighted by Crippen LogP contribution is -2.45. The lowest BCUT2D eigenvalue weighted by molar-refractivity contribution is -0.143. The van der Waals surface area contributed by atoms with Crippen LogP contribution in [0.3, 0.4) is 0 Å². The van der Waals surface area contributed by atoms with Crippen LogP contribution in [0.5, 0.6) is 0 Å². The average Bonchev–Trinajstić information content (AvgIpc) is 3.25. The summed E-state index contributed by atoms with van der Waals surface area (Å²) in [7, 11) is 0. The van der Waals surface area contributed by atoms with Gasteiger partial charge in [-0.1, -0.05) is 264 Å². The summed E-state index contributed by atoms with van der Waals surface area (Å²) in [6, 6.07) is -0.628. The fraction of sp³-hybridized carbons (Fsp3) is 0.926. The number of carbonyl (C=O) groups excluding carboxylic acids is 2. The number of ether oxygens (including phenoxy) is 1. The number of aliphatic hydroxyl groups excluding tert-OH is 2. The third kappa shape index (κ3) is 46.1. The lowest BCUT2D eigenvalue weighted by atomic mass is 10.0. The van der Waals surface area contributed by atoms with Crippen molar-refractivity contribution in [1.82, 2.24) is 5.32 Å². The number of esters is 1. The first-order valence-electron chi connectivity index (χ1n) is 27.0. The molecule has 0 aliphatic heterocycles. The zero-order chi connectivity index (χ0) is 43.7. The zero-order valence-electron chi connectivity index (χ0n) is 40.5. The predicted octanol–water partition coefficient (Wildman–Crippen LogP) is 16.1. The number of aliphatic hydroxyl groups is 2. The normalized spacial score (nSPS) is 12.7. The molecule has 2 atom stereocenters. The number of allylic oxidation sites excluding steroid dienone is 1. The van der Waals surface area contributed by atoms with Crippen molar-refractivity contribution >= 4 is 11.9 Å². The molecule has 0 saturated heterocycles. The summed E-state index contributed by atoms with van der Waals surface area (Å²) in [5.41, 5.74) is 0. The van der Waals surface area contributed by atoms with E-state index in [9.17, 15) is 19.8 Å². The van der Waals surface area contributed by atoms with Crippen LogP contribution >= 0.6 is 0 Å². The molecule has 0 spiro atoms. The molecule has 0 aromatic carbocycles. The monoisotopic (exact) mass is 848 g/mol. The quantitative estimate of drug-likeness (QED) is 0.0322. The molecule has 6 nitrogen and oxygen atoms in total. The van der Waals surface area contributed by atoms with Crippen molar-refractivity contribution in [2.24, 2.45) is 0 Å². The van der Waals surface area contributed by atoms with E-state index < -0.39 is 12.1 Å². The number of nitrogens with one attached hydrogen (secondary N) is 1. The van der Waals surface area contributed by atoms with Crippen LogP contribution < -0.4 is 5.32 Å². The van der Waals surface area contributed by atoms with E-state index in [0.717, 1.165) is 38.5 Å². The van der Waals surface area contributed by atoms with Gasteiger partial charge in [0.15, 0.2) is 0 Å². The molecular weight excluding hydrogens is 743 g/mol. The van der Waals surface area contributed by atoms with E-state index in [1.807, 2.05) is 6.08 Å². The second-order valence-electron chi connectivity index (χ2n) is 18.6. The highest BCUT2D eigenvalue weighted by molar-refractivity contribution is 5.76.